The van der Waals surface area contributed by atoms with Crippen molar-refractivity contribution in [2.75, 3.05) is 0 Å². The summed E-state index contributed by atoms with van der Waals surface area (Å²) in [6, 6.07) is 11.8. The maximum Gasteiger partial charge on any atom is 0.225 e. The number of carbonyl (C=O) groups is 1. The number of nitrogens with one attached hydrogen (secondary N) is 2. The van der Waals surface area contributed by atoms with Gasteiger partial charge in [0.1, 0.15) is 11.4 Å². The monoisotopic (exact) mass is 375 g/mol. The van der Waals surface area contributed by atoms with Crippen LogP contribution in [0.3, 0.4) is 0 Å². The van der Waals surface area contributed by atoms with Crippen LogP contribution in [0.2, 0.25) is 0 Å². The van der Waals surface area contributed by atoms with Gasteiger partial charge >= 0.3 is 0 Å². The van der Waals surface area contributed by atoms with Crippen molar-refractivity contribution in [2.24, 2.45) is 5.92 Å². The molecule has 2 aromatic heterocycles. The first-order chi connectivity index (χ1) is 13.4. The molecule has 0 fully saturated rings. The first kappa shape index (κ1) is 18.3. The van der Waals surface area contributed by atoms with Crippen molar-refractivity contribution in [3.63, 3.8) is 0 Å². The number of H-pyrrole nitrogens is 1. The van der Waals surface area contributed by atoms with Crippen LogP contribution in [0, 0.1) is 19.8 Å². The van der Waals surface area contributed by atoms with Gasteiger partial charge in [-0.1, -0.05) is 38.1 Å². The van der Waals surface area contributed by atoms with Crippen LogP contribution in [0.25, 0.3) is 22.0 Å². The highest BCUT2D eigenvalue weighted by atomic mass is 16.3. The number of hydrogen-bond donors (Lipinski definition) is 2. The molecule has 144 valence electrons. The summed E-state index contributed by atoms with van der Waals surface area (Å²) < 4.78 is 5.74. The number of aromatic amines is 1. The maximum absolute atomic E-state index is 12.8. The van der Waals surface area contributed by atoms with Crippen LogP contribution in [0.1, 0.15) is 42.4 Å². The number of aryl methyl sites for hydroxylation is 2. The molecule has 1 atom stereocenters. The van der Waals surface area contributed by atoms with E-state index in [1.165, 1.54) is 5.56 Å². The third-order valence-electron chi connectivity index (χ3n) is 5.38. The number of hydrogen-bond acceptors (Lipinski definition) is 3. The molecule has 4 rings (SSSR count). The van der Waals surface area contributed by atoms with E-state index in [1.807, 2.05) is 37.3 Å². The molecule has 0 aliphatic heterocycles. The van der Waals surface area contributed by atoms with Gasteiger partial charge in [-0.15, -0.1) is 0 Å². The van der Waals surface area contributed by atoms with Crippen LogP contribution in [-0.4, -0.2) is 15.9 Å². The Kier molecular flexibility index (Phi) is 4.67. The summed E-state index contributed by atoms with van der Waals surface area (Å²) >= 11 is 0. The Balaban J connectivity index is 1.56. The third-order valence-corrected chi connectivity index (χ3v) is 5.38. The molecule has 0 aliphatic carbocycles. The van der Waals surface area contributed by atoms with Crippen molar-refractivity contribution in [3.8, 4) is 0 Å². The number of furan rings is 1. The lowest BCUT2D eigenvalue weighted by molar-refractivity contribution is -0.121. The predicted octanol–water partition coefficient (Wildman–Crippen LogP) is 4.98. The van der Waals surface area contributed by atoms with E-state index in [0.29, 0.717) is 0 Å². The largest absolute Gasteiger partial charge is 0.464 e. The van der Waals surface area contributed by atoms with E-state index in [0.717, 1.165) is 39.0 Å². The molecule has 5 nitrogen and oxygen atoms in total. The van der Waals surface area contributed by atoms with Crippen LogP contribution in [0.4, 0.5) is 0 Å². The highest BCUT2D eigenvalue weighted by molar-refractivity contribution is 5.89. The molecule has 2 aromatic carbocycles. The molecule has 1 unspecified atom stereocenters. The van der Waals surface area contributed by atoms with Crippen molar-refractivity contribution >= 4 is 27.9 Å². The first-order valence-corrected chi connectivity index (χ1v) is 9.64. The van der Waals surface area contributed by atoms with Crippen molar-refractivity contribution in [1.29, 1.82) is 0 Å². The van der Waals surface area contributed by atoms with Crippen molar-refractivity contribution in [1.82, 2.24) is 15.3 Å². The molecule has 5 heteroatoms. The lowest BCUT2D eigenvalue weighted by Gasteiger charge is -2.20. The van der Waals surface area contributed by atoms with Gasteiger partial charge in [-0.25, -0.2) is 4.98 Å². The summed E-state index contributed by atoms with van der Waals surface area (Å²) in [5.74, 6) is 0.948. The SMILES string of the molecule is Cc1ccc2c(CC(=O)NC(c3nc4ccccc4[nH]3)C(C)C)coc2c1C. The van der Waals surface area contributed by atoms with Gasteiger partial charge in [-0.05, 0) is 43.0 Å². The van der Waals surface area contributed by atoms with Gasteiger partial charge in [0.05, 0.1) is 29.8 Å². The topological polar surface area (TPSA) is 70.9 Å². The summed E-state index contributed by atoms with van der Waals surface area (Å²) in [6.45, 7) is 8.26. The molecule has 28 heavy (non-hydrogen) atoms. The summed E-state index contributed by atoms with van der Waals surface area (Å²) in [6.07, 6.45) is 1.97. The molecule has 0 saturated heterocycles. The van der Waals surface area contributed by atoms with E-state index >= 15 is 0 Å². The quantitative estimate of drug-likeness (QED) is 0.517. The van der Waals surface area contributed by atoms with Crippen LogP contribution in [0.5, 0.6) is 0 Å². The number of benzene rings is 2. The van der Waals surface area contributed by atoms with Gasteiger partial charge in [0.2, 0.25) is 5.91 Å². The summed E-state index contributed by atoms with van der Waals surface area (Å²) in [5.41, 5.74) is 5.95. The van der Waals surface area contributed by atoms with E-state index in [-0.39, 0.29) is 24.3 Å². The maximum atomic E-state index is 12.8. The van der Waals surface area contributed by atoms with Crippen LogP contribution in [0.15, 0.2) is 47.1 Å². The molecule has 2 N–H and O–H groups in total. The van der Waals surface area contributed by atoms with E-state index in [4.69, 9.17) is 4.42 Å². The van der Waals surface area contributed by atoms with E-state index in [9.17, 15) is 4.79 Å². The van der Waals surface area contributed by atoms with E-state index < -0.39 is 0 Å². The van der Waals surface area contributed by atoms with Crippen LogP contribution >= 0.6 is 0 Å². The first-order valence-electron chi connectivity index (χ1n) is 9.64. The number of rotatable bonds is 5. The number of imidazole rings is 1. The molecule has 1 amide bonds. The zero-order chi connectivity index (χ0) is 19.8. The lowest BCUT2D eigenvalue weighted by Crippen LogP contribution is -2.33. The van der Waals surface area contributed by atoms with Gasteiger partial charge in [0.15, 0.2) is 0 Å². The second-order valence-corrected chi connectivity index (χ2v) is 7.75. The Morgan fingerprint density at radius 2 is 1.96 bits per heavy atom. The zero-order valence-corrected chi connectivity index (χ0v) is 16.7. The number of amides is 1. The number of aromatic nitrogens is 2. The minimum Gasteiger partial charge on any atom is -0.464 e. The lowest BCUT2D eigenvalue weighted by atomic mass is 10.0. The Morgan fingerprint density at radius 1 is 1.18 bits per heavy atom. The molecule has 0 radical (unpaired) electrons. The molecule has 0 spiro atoms. The van der Waals surface area contributed by atoms with E-state index in [1.54, 1.807) is 6.26 Å². The number of fused-ring (bicyclic) bond motifs is 2. The predicted molar refractivity (Wildman–Crippen MR) is 111 cm³/mol. The molecule has 2 heterocycles. The van der Waals surface area contributed by atoms with Crippen LogP contribution < -0.4 is 5.32 Å². The molecular formula is C23H25N3O2. The van der Waals surface area contributed by atoms with Crippen LogP contribution in [-0.2, 0) is 11.2 Å². The molecule has 0 saturated carbocycles. The summed E-state index contributed by atoms with van der Waals surface area (Å²) in [4.78, 5) is 20.8. The fourth-order valence-electron chi connectivity index (χ4n) is 3.59. The third kappa shape index (κ3) is 3.28. The van der Waals surface area contributed by atoms with Crippen molar-refractivity contribution in [3.05, 3.63) is 65.2 Å². The molecular weight excluding hydrogens is 350 g/mol. The van der Waals surface area contributed by atoms with E-state index in [2.05, 4.69) is 42.1 Å². The standard InChI is InChI=1S/C23H25N3O2/c1-13(2)21(23-24-18-7-5-6-8-19(18)25-23)26-20(27)11-16-12-28-22-15(4)14(3)9-10-17(16)22/h5-10,12-13,21H,11H2,1-4H3,(H,24,25)(H,26,27). The smallest absolute Gasteiger partial charge is 0.225 e. The van der Waals surface area contributed by atoms with Crippen molar-refractivity contribution in [2.45, 2.75) is 40.2 Å². The van der Waals surface area contributed by atoms with Crippen molar-refractivity contribution < 1.29 is 9.21 Å². The van der Waals surface area contributed by atoms with Gasteiger partial charge < -0.3 is 14.7 Å². The van der Waals surface area contributed by atoms with Gasteiger partial charge in [0, 0.05) is 10.9 Å². The Morgan fingerprint density at radius 3 is 2.71 bits per heavy atom. The normalized spacial score (nSPS) is 12.8. The fourth-order valence-corrected chi connectivity index (χ4v) is 3.59. The highest BCUT2D eigenvalue weighted by Crippen LogP contribution is 2.27. The Hall–Kier alpha value is -3.08. The second-order valence-electron chi connectivity index (χ2n) is 7.75. The minimum absolute atomic E-state index is 0.0416. The minimum atomic E-state index is -0.179. The summed E-state index contributed by atoms with van der Waals surface area (Å²) in [7, 11) is 0. The molecule has 0 aliphatic rings. The molecule has 4 aromatic rings. The van der Waals surface area contributed by atoms with Gasteiger partial charge in [0.25, 0.3) is 0 Å². The highest BCUT2D eigenvalue weighted by Gasteiger charge is 2.22. The fraction of sp³-hybridized carbons (Fsp3) is 0.304. The number of para-hydroxylation sites is 2. The van der Waals surface area contributed by atoms with Gasteiger partial charge in [-0.3, -0.25) is 4.79 Å². The zero-order valence-electron chi connectivity index (χ0n) is 16.7. The average Bonchev–Trinajstić information content (AvgIpc) is 3.27. The number of nitrogens with zero attached hydrogens (tertiary/aromatic N) is 1. The Labute approximate surface area is 164 Å². The summed E-state index contributed by atoms with van der Waals surface area (Å²) in [5, 5.41) is 4.15. The Bertz CT molecular complexity index is 1120. The van der Waals surface area contributed by atoms with Gasteiger partial charge in [-0.2, -0.15) is 0 Å². The molecule has 0 bridgehead atoms. The number of carbonyl (C=O) groups excluding carboxylic acids is 1. The second kappa shape index (κ2) is 7.15. The average molecular weight is 375 g/mol.